The minimum Gasteiger partial charge on any atom is -0.373 e. The Morgan fingerprint density at radius 3 is 2.45 bits per heavy atom. The summed E-state index contributed by atoms with van der Waals surface area (Å²) in [5.74, 6) is 0.756. The van der Waals surface area contributed by atoms with E-state index in [1.165, 1.54) is 6.42 Å². The van der Waals surface area contributed by atoms with E-state index in [2.05, 4.69) is 26.1 Å². The molecule has 0 spiro atoms. The van der Waals surface area contributed by atoms with Gasteiger partial charge in [-0.05, 0) is 19.3 Å². The van der Waals surface area contributed by atoms with Gasteiger partial charge in [-0.25, -0.2) is 0 Å². The molecule has 0 atom stereocenters. The van der Waals surface area contributed by atoms with Gasteiger partial charge in [0.1, 0.15) is 0 Å². The Morgan fingerprint density at radius 2 is 2.09 bits per heavy atom. The van der Waals surface area contributed by atoms with Gasteiger partial charge in [0.25, 0.3) is 0 Å². The number of nitrogens with one attached hydrogen (secondary N) is 1. The quantitative estimate of drug-likeness (QED) is 0.666. The van der Waals surface area contributed by atoms with Crippen LogP contribution < -0.4 is 5.32 Å². The Hall–Kier alpha value is -0.0800. The van der Waals surface area contributed by atoms with Crippen molar-refractivity contribution < 1.29 is 4.74 Å². The maximum absolute atomic E-state index is 5.71. The molecule has 0 bridgehead atoms. The van der Waals surface area contributed by atoms with Crippen molar-refractivity contribution >= 4 is 0 Å². The highest BCUT2D eigenvalue weighted by atomic mass is 16.5. The Bertz CT molecular complexity index is 119. The predicted molar refractivity (Wildman–Crippen MR) is 46.7 cm³/mol. The number of hydrogen-bond donors (Lipinski definition) is 1. The molecule has 0 aromatic carbocycles. The molecule has 0 saturated carbocycles. The van der Waals surface area contributed by atoms with Crippen LogP contribution in [-0.2, 0) is 4.74 Å². The monoisotopic (exact) mass is 157 g/mol. The molecule has 0 amide bonds. The molecule has 66 valence electrons. The fourth-order valence-electron chi connectivity index (χ4n) is 1.12. The first-order valence-corrected chi connectivity index (χ1v) is 4.47. The van der Waals surface area contributed by atoms with Crippen LogP contribution in [0, 0.1) is 5.92 Å². The second-order valence-corrected chi connectivity index (χ2v) is 4.08. The molecule has 2 nitrogen and oxygen atoms in total. The SMILES string of the molecule is CC(C)CCOC1(C)CNC1. The van der Waals surface area contributed by atoms with E-state index in [0.29, 0.717) is 0 Å². The van der Waals surface area contributed by atoms with E-state index in [0.717, 1.165) is 25.6 Å². The standard InChI is InChI=1S/C9H19NO/c1-8(2)4-5-11-9(3)6-10-7-9/h8,10H,4-7H2,1-3H3. The van der Waals surface area contributed by atoms with Crippen molar-refractivity contribution in [1.29, 1.82) is 0 Å². The van der Waals surface area contributed by atoms with Gasteiger partial charge in [0.15, 0.2) is 0 Å². The molecule has 1 aliphatic heterocycles. The lowest BCUT2D eigenvalue weighted by Crippen LogP contribution is -2.59. The van der Waals surface area contributed by atoms with E-state index < -0.39 is 0 Å². The third-order valence-electron chi connectivity index (χ3n) is 2.14. The van der Waals surface area contributed by atoms with E-state index in [4.69, 9.17) is 4.74 Å². The fourth-order valence-corrected chi connectivity index (χ4v) is 1.12. The van der Waals surface area contributed by atoms with Crippen molar-refractivity contribution in [3.63, 3.8) is 0 Å². The van der Waals surface area contributed by atoms with Gasteiger partial charge in [-0.15, -0.1) is 0 Å². The summed E-state index contributed by atoms with van der Waals surface area (Å²) >= 11 is 0. The van der Waals surface area contributed by atoms with Gasteiger partial charge in [0, 0.05) is 19.7 Å². The lowest BCUT2D eigenvalue weighted by molar-refractivity contribution is -0.0697. The normalized spacial score (nSPS) is 21.8. The van der Waals surface area contributed by atoms with E-state index >= 15 is 0 Å². The Morgan fingerprint density at radius 1 is 1.45 bits per heavy atom. The first-order chi connectivity index (χ1) is 5.12. The minimum atomic E-state index is 0.148. The van der Waals surface area contributed by atoms with Crippen LogP contribution in [0.1, 0.15) is 27.2 Å². The summed E-state index contributed by atoms with van der Waals surface area (Å²) in [5, 5.41) is 3.21. The van der Waals surface area contributed by atoms with Gasteiger partial charge in [0.05, 0.1) is 5.60 Å². The zero-order chi connectivity index (χ0) is 8.32. The van der Waals surface area contributed by atoms with Crippen molar-refractivity contribution in [1.82, 2.24) is 5.32 Å². The molecule has 0 radical (unpaired) electrons. The minimum absolute atomic E-state index is 0.148. The molecule has 11 heavy (non-hydrogen) atoms. The van der Waals surface area contributed by atoms with E-state index in [1.807, 2.05) is 0 Å². The number of hydrogen-bond acceptors (Lipinski definition) is 2. The summed E-state index contributed by atoms with van der Waals surface area (Å²) in [7, 11) is 0. The van der Waals surface area contributed by atoms with Crippen LogP contribution in [0.3, 0.4) is 0 Å². The molecule has 0 aromatic rings. The van der Waals surface area contributed by atoms with Gasteiger partial charge in [0.2, 0.25) is 0 Å². The number of ether oxygens (including phenoxy) is 1. The Labute approximate surface area is 69.3 Å². The van der Waals surface area contributed by atoms with Crippen LogP contribution in [0.25, 0.3) is 0 Å². The molecule has 0 aromatic heterocycles. The highest BCUT2D eigenvalue weighted by molar-refractivity contribution is 4.89. The third kappa shape index (κ3) is 2.80. The largest absolute Gasteiger partial charge is 0.373 e. The predicted octanol–water partition coefficient (Wildman–Crippen LogP) is 1.41. The summed E-state index contributed by atoms with van der Waals surface area (Å²) in [6, 6.07) is 0. The molecular weight excluding hydrogens is 138 g/mol. The average Bonchev–Trinajstić information content (AvgIpc) is 1.83. The van der Waals surface area contributed by atoms with Crippen molar-refractivity contribution in [2.45, 2.75) is 32.8 Å². The summed E-state index contributed by atoms with van der Waals surface area (Å²) in [4.78, 5) is 0. The molecule has 0 aliphatic carbocycles. The van der Waals surface area contributed by atoms with Crippen LogP contribution in [0.15, 0.2) is 0 Å². The smallest absolute Gasteiger partial charge is 0.0901 e. The second-order valence-electron chi connectivity index (χ2n) is 4.08. The molecule has 1 N–H and O–H groups in total. The molecular formula is C9H19NO. The van der Waals surface area contributed by atoms with Crippen molar-refractivity contribution in [2.75, 3.05) is 19.7 Å². The van der Waals surface area contributed by atoms with Crippen molar-refractivity contribution in [3.8, 4) is 0 Å². The van der Waals surface area contributed by atoms with Crippen LogP contribution in [0.4, 0.5) is 0 Å². The molecule has 0 unspecified atom stereocenters. The highest BCUT2D eigenvalue weighted by Crippen LogP contribution is 2.16. The summed E-state index contributed by atoms with van der Waals surface area (Å²) in [6.45, 7) is 9.57. The van der Waals surface area contributed by atoms with Crippen LogP contribution in [-0.4, -0.2) is 25.3 Å². The van der Waals surface area contributed by atoms with Gasteiger partial charge < -0.3 is 10.1 Å². The van der Waals surface area contributed by atoms with Crippen LogP contribution in [0.2, 0.25) is 0 Å². The van der Waals surface area contributed by atoms with E-state index in [9.17, 15) is 0 Å². The molecule has 1 fully saturated rings. The molecule has 1 saturated heterocycles. The average molecular weight is 157 g/mol. The van der Waals surface area contributed by atoms with Crippen molar-refractivity contribution in [3.05, 3.63) is 0 Å². The number of rotatable bonds is 4. The topological polar surface area (TPSA) is 21.3 Å². The van der Waals surface area contributed by atoms with Gasteiger partial charge in [-0.2, -0.15) is 0 Å². The molecule has 2 heteroatoms. The Kier molecular flexibility index (Phi) is 2.90. The van der Waals surface area contributed by atoms with Crippen LogP contribution in [0.5, 0.6) is 0 Å². The van der Waals surface area contributed by atoms with Crippen molar-refractivity contribution in [2.24, 2.45) is 5.92 Å². The summed E-state index contributed by atoms with van der Waals surface area (Å²) in [6.07, 6.45) is 1.18. The van der Waals surface area contributed by atoms with Crippen LogP contribution >= 0.6 is 0 Å². The highest BCUT2D eigenvalue weighted by Gasteiger charge is 2.31. The molecule has 1 heterocycles. The third-order valence-corrected chi connectivity index (χ3v) is 2.14. The molecule has 1 aliphatic rings. The summed E-state index contributed by atoms with van der Waals surface area (Å²) in [5.41, 5.74) is 0.148. The lowest BCUT2D eigenvalue weighted by atomic mass is 10.00. The lowest BCUT2D eigenvalue weighted by Gasteiger charge is -2.39. The first kappa shape index (κ1) is 9.01. The van der Waals surface area contributed by atoms with E-state index in [-0.39, 0.29) is 5.60 Å². The maximum atomic E-state index is 5.71. The Balaban J connectivity index is 2.02. The summed E-state index contributed by atoms with van der Waals surface area (Å²) < 4.78 is 5.71. The fraction of sp³-hybridized carbons (Fsp3) is 1.00. The zero-order valence-electron chi connectivity index (χ0n) is 7.81. The molecule has 1 rings (SSSR count). The van der Waals surface area contributed by atoms with Gasteiger partial charge >= 0.3 is 0 Å². The van der Waals surface area contributed by atoms with E-state index in [1.54, 1.807) is 0 Å². The maximum Gasteiger partial charge on any atom is 0.0901 e. The second kappa shape index (κ2) is 3.55. The first-order valence-electron chi connectivity index (χ1n) is 4.47. The van der Waals surface area contributed by atoms with Gasteiger partial charge in [-0.1, -0.05) is 13.8 Å². The zero-order valence-corrected chi connectivity index (χ0v) is 7.81. The van der Waals surface area contributed by atoms with Gasteiger partial charge in [-0.3, -0.25) is 0 Å².